The number of carbonyl (C=O) groups excluding carboxylic acids is 1. The highest BCUT2D eigenvalue weighted by molar-refractivity contribution is 5.83. The van der Waals surface area contributed by atoms with Crippen molar-refractivity contribution < 1.29 is 14.7 Å². The van der Waals surface area contributed by atoms with E-state index >= 15 is 0 Å². The first-order valence-corrected chi connectivity index (χ1v) is 6.50. The quantitative estimate of drug-likeness (QED) is 0.722. The summed E-state index contributed by atoms with van der Waals surface area (Å²) in [5.41, 5.74) is -0.508. The number of carbonyl (C=O) groups is 2. The van der Waals surface area contributed by atoms with Crippen molar-refractivity contribution in [2.45, 2.75) is 59.0 Å². The van der Waals surface area contributed by atoms with Crippen molar-refractivity contribution in [2.24, 2.45) is 11.3 Å². The summed E-state index contributed by atoms with van der Waals surface area (Å²) in [5.74, 6) is -0.370. The Balaban J connectivity index is 2.49. The molecule has 0 aromatic carbocycles. The van der Waals surface area contributed by atoms with Crippen molar-refractivity contribution in [3.8, 4) is 0 Å². The van der Waals surface area contributed by atoms with Gasteiger partial charge in [0, 0.05) is 6.04 Å². The van der Waals surface area contributed by atoms with Crippen molar-refractivity contribution in [3.63, 3.8) is 0 Å². The summed E-state index contributed by atoms with van der Waals surface area (Å²) in [4.78, 5) is 22.9. The van der Waals surface area contributed by atoms with Crippen molar-refractivity contribution in [1.82, 2.24) is 10.6 Å². The third kappa shape index (κ3) is 4.20. The van der Waals surface area contributed by atoms with Crippen LogP contribution in [0, 0.1) is 11.3 Å². The van der Waals surface area contributed by atoms with Crippen LogP contribution in [0.1, 0.15) is 47.0 Å². The third-order valence-electron chi connectivity index (χ3n) is 3.42. The van der Waals surface area contributed by atoms with Gasteiger partial charge in [0.25, 0.3) is 0 Å². The van der Waals surface area contributed by atoms with Gasteiger partial charge in [-0.15, -0.1) is 0 Å². The fraction of sp³-hybridized carbons (Fsp3) is 0.846. The molecule has 1 aliphatic carbocycles. The number of rotatable bonds is 3. The zero-order chi connectivity index (χ0) is 13.9. The summed E-state index contributed by atoms with van der Waals surface area (Å²) in [6, 6.07) is -1.08. The molecule has 18 heavy (non-hydrogen) atoms. The third-order valence-corrected chi connectivity index (χ3v) is 3.42. The molecule has 2 unspecified atom stereocenters. The van der Waals surface area contributed by atoms with Crippen LogP contribution in [0.2, 0.25) is 0 Å². The molecule has 5 heteroatoms. The van der Waals surface area contributed by atoms with Crippen LogP contribution in [0.3, 0.4) is 0 Å². The minimum atomic E-state index is -1.00. The molecule has 1 fully saturated rings. The molecule has 2 amide bonds. The van der Waals surface area contributed by atoms with Gasteiger partial charge in [0.05, 0.1) is 0 Å². The van der Waals surface area contributed by atoms with E-state index in [4.69, 9.17) is 5.11 Å². The molecule has 1 rings (SSSR count). The van der Waals surface area contributed by atoms with Crippen LogP contribution in [-0.2, 0) is 4.79 Å². The van der Waals surface area contributed by atoms with Crippen LogP contribution < -0.4 is 10.6 Å². The molecule has 0 aromatic heterocycles. The first kappa shape index (κ1) is 14.8. The van der Waals surface area contributed by atoms with Gasteiger partial charge in [-0.05, 0) is 30.6 Å². The van der Waals surface area contributed by atoms with E-state index in [1.165, 1.54) is 0 Å². The molecule has 0 bridgehead atoms. The number of hydrogen-bond acceptors (Lipinski definition) is 2. The topological polar surface area (TPSA) is 78.4 Å². The van der Waals surface area contributed by atoms with E-state index in [1.54, 1.807) is 20.8 Å². The maximum Gasteiger partial charge on any atom is 0.326 e. The molecule has 5 nitrogen and oxygen atoms in total. The van der Waals surface area contributed by atoms with Crippen molar-refractivity contribution in [3.05, 3.63) is 0 Å². The van der Waals surface area contributed by atoms with E-state index in [1.807, 2.05) is 0 Å². The number of amides is 2. The van der Waals surface area contributed by atoms with Gasteiger partial charge >= 0.3 is 12.0 Å². The maximum atomic E-state index is 11.8. The first-order chi connectivity index (χ1) is 8.20. The molecule has 0 radical (unpaired) electrons. The van der Waals surface area contributed by atoms with E-state index in [-0.39, 0.29) is 12.1 Å². The molecule has 3 N–H and O–H groups in total. The van der Waals surface area contributed by atoms with E-state index in [2.05, 4.69) is 17.6 Å². The second-order valence-corrected chi connectivity index (χ2v) is 6.37. The van der Waals surface area contributed by atoms with Crippen LogP contribution in [0.15, 0.2) is 0 Å². The van der Waals surface area contributed by atoms with Gasteiger partial charge in [0.1, 0.15) is 6.04 Å². The number of carboxylic acids is 1. The van der Waals surface area contributed by atoms with Gasteiger partial charge < -0.3 is 15.7 Å². The minimum absolute atomic E-state index is 0.175. The average molecular weight is 256 g/mol. The fourth-order valence-corrected chi connectivity index (χ4v) is 2.35. The molecule has 1 saturated carbocycles. The summed E-state index contributed by atoms with van der Waals surface area (Å²) in [6.45, 7) is 7.55. The average Bonchev–Trinajstić information content (AvgIpc) is 2.58. The van der Waals surface area contributed by atoms with Gasteiger partial charge in [0.2, 0.25) is 0 Å². The smallest absolute Gasteiger partial charge is 0.326 e. The number of aliphatic carboxylic acids is 1. The highest BCUT2D eigenvalue weighted by Crippen LogP contribution is 2.24. The summed E-state index contributed by atoms with van der Waals surface area (Å²) in [5, 5.41) is 14.5. The second kappa shape index (κ2) is 5.59. The molecule has 1 aliphatic rings. The Hall–Kier alpha value is -1.26. The lowest BCUT2D eigenvalue weighted by atomic mass is 9.87. The monoisotopic (exact) mass is 256 g/mol. The summed E-state index contributed by atoms with van der Waals surface area (Å²) in [7, 11) is 0. The molecule has 3 atom stereocenters. The Kier molecular flexibility index (Phi) is 4.59. The second-order valence-electron chi connectivity index (χ2n) is 6.37. The van der Waals surface area contributed by atoms with Crippen LogP contribution >= 0.6 is 0 Å². The zero-order valence-electron chi connectivity index (χ0n) is 11.6. The number of carboxylic acid groups (broad SMARTS) is 1. The van der Waals surface area contributed by atoms with Crippen LogP contribution in [-0.4, -0.2) is 29.2 Å². The lowest BCUT2D eigenvalue weighted by Gasteiger charge is -2.28. The Bertz CT molecular complexity index is 323. The summed E-state index contributed by atoms with van der Waals surface area (Å²) in [6.07, 6.45) is 3.06. The normalized spacial score (nSPS) is 25.6. The van der Waals surface area contributed by atoms with Crippen LogP contribution in [0.5, 0.6) is 0 Å². The molecule has 0 spiro atoms. The fourth-order valence-electron chi connectivity index (χ4n) is 2.35. The number of nitrogens with one attached hydrogen (secondary N) is 2. The van der Waals surface area contributed by atoms with Gasteiger partial charge in [-0.25, -0.2) is 9.59 Å². The predicted octanol–water partition coefficient (Wildman–Crippen LogP) is 1.97. The lowest BCUT2D eigenvalue weighted by Crippen LogP contribution is -2.53. The maximum absolute atomic E-state index is 11.8. The van der Waals surface area contributed by atoms with E-state index < -0.39 is 17.4 Å². The SMILES string of the molecule is CC1CCC(NC(=O)N[C@H](C(=O)O)C(C)(C)C)C1. The van der Waals surface area contributed by atoms with E-state index in [0.29, 0.717) is 5.92 Å². The van der Waals surface area contributed by atoms with Crippen molar-refractivity contribution >= 4 is 12.0 Å². The van der Waals surface area contributed by atoms with E-state index in [0.717, 1.165) is 19.3 Å². The Morgan fingerprint density at radius 3 is 2.28 bits per heavy atom. The van der Waals surface area contributed by atoms with Crippen molar-refractivity contribution in [2.75, 3.05) is 0 Å². The molecule has 104 valence electrons. The molecule has 0 aliphatic heterocycles. The molecule has 0 saturated heterocycles. The summed E-state index contributed by atoms with van der Waals surface area (Å²) < 4.78 is 0. The molecular weight excluding hydrogens is 232 g/mol. The zero-order valence-corrected chi connectivity index (χ0v) is 11.6. The Morgan fingerprint density at radius 2 is 1.89 bits per heavy atom. The van der Waals surface area contributed by atoms with Crippen LogP contribution in [0.4, 0.5) is 4.79 Å². The van der Waals surface area contributed by atoms with Gasteiger partial charge in [0.15, 0.2) is 0 Å². The number of hydrogen-bond donors (Lipinski definition) is 3. The molecular formula is C13H24N2O3. The molecule has 0 aromatic rings. The Labute approximate surface area is 108 Å². The standard InChI is InChI=1S/C13H24N2O3/c1-8-5-6-9(7-8)14-12(18)15-10(11(16)17)13(2,3)4/h8-10H,5-7H2,1-4H3,(H,16,17)(H2,14,15,18)/t8?,9?,10-/m1/s1. The van der Waals surface area contributed by atoms with Crippen LogP contribution in [0.25, 0.3) is 0 Å². The minimum Gasteiger partial charge on any atom is -0.480 e. The Morgan fingerprint density at radius 1 is 1.28 bits per heavy atom. The summed E-state index contributed by atoms with van der Waals surface area (Å²) >= 11 is 0. The van der Waals surface area contributed by atoms with Gasteiger partial charge in [-0.3, -0.25) is 0 Å². The number of urea groups is 1. The highest BCUT2D eigenvalue weighted by Gasteiger charge is 2.33. The largest absolute Gasteiger partial charge is 0.480 e. The first-order valence-electron chi connectivity index (χ1n) is 6.50. The lowest BCUT2D eigenvalue weighted by molar-refractivity contribution is -0.141. The van der Waals surface area contributed by atoms with Gasteiger partial charge in [-0.1, -0.05) is 27.7 Å². The van der Waals surface area contributed by atoms with Crippen molar-refractivity contribution in [1.29, 1.82) is 0 Å². The van der Waals surface area contributed by atoms with E-state index in [9.17, 15) is 9.59 Å². The predicted molar refractivity (Wildman–Crippen MR) is 69.3 cm³/mol. The molecule has 0 heterocycles. The van der Waals surface area contributed by atoms with Gasteiger partial charge in [-0.2, -0.15) is 0 Å². The highest BCUT2D eigenvalue weighted by atomic mass is 16.4.